The minimum atomic E-state index is 0.430. The van der Waals surface area contributed by atoms with Gasteiger partial charge in [-0.1, -0.05) is 0 Å². The highest BCUT2D eigenvalue weighted by atomic mass is 16.1. The van der Waals surface area contributed by atoms with E-state index in [2.05, 4.69) is 23.0 Å². The zero-order chi connectivity index (χ0) is 10.7. The van der Waals surface area contributed by atoms with Crippen molar-refractivity contribution in [1.82, 2.24) is 9.88 Å². The summed E-state index contributed by atoms with van der Waals surface area (Å²) in [6, 6.07) is 4.70. The Labute approximate surface area is 90.5 Å². The van der Waals surface area contributed by atoms with E-state index < -0.39 is 0 Å². The van der Waals surface area contributed by atoms with Crippen molar-refractivity contribution in [2.75, 3.05) is 7.05 Å². The van der Waals surface area contributed by atoms with E-state index in [4.69, 9.17) is 0 Å². The number of ketones is 1. The van der Waals surface area contributed by atoms with Crippen molar-refractivity contribution < 1.29 is 4.79 Å². The molecule has 0 amide bonds. The Morgan fingerprint density at radius 2 is 2.20 bits per heavy atom. The van der Waals surface area contributed by atoms with E-state index in [1.807, 2.05) is 12.3 Å². The highest BCUT2D eigenvalue weighted by Crippen LogP contribution is 2.20. The molecule has 1 saturated carbocycles. The molecule has 0 radical (unpaired) electrons. The molecule has 15 heavy (non-hydrogen) atoms. The van der Waals surface area contributed by atoms with Crippen LogP contribution in [-0.4, -0.2) is 28.8 Å². The molecule has 0 aromatic carbocycles. The van der Waals surface area contributed by atoms with Gasteiger partial charge < -0.3 is 4.98 Å². The maximum atomic E-state index is 11.1. The van der Waals surface area contributed by atoms with Crippen LogP contribution >= 0.6 is 0 Å². The quantitative estimate of drug-likeness (QED) is 0.820. The van der Waals surface area contributed by atoms with E-state index in [-0.39, 0.29) is 0 Å². The van der Waals surface area contributed by atoms with E-state index in [0.29, 0.717) is 11.8 Å². The van der Waals surface area contributed by atoms with Gasteiger partial charge >= 0.3 is 0 Å². The van der Waals surface area contributed by atoms with E-state index in [1.165, 1.54) is 5.69 Å². The second-order valence-corrected chi connectivity index (χ2v) is 4.38. The number of hydrogen-bond acceptors (Lipinski definition) is 2. The maximum absolute atomic E-state index is 11.1. The molecule has 1 aliphatic carbocycles. The molecule has 0 saturated heterocycles. The Morgan fingerprint density at radius 3 is 2.80 bits per heavy atom. The summed E-state index contributed by atoms with van der Waals surface area (Å²) in [4.78, 5) is 16.7. The molecule has 3 nitrogen and oxygen atoms in total. The first-order valence-electron chi connectivity index (χ1n) is 5.60. The molecular formula is C12H18N2O. The van der Waals surface area contributed by atoms with Gasteiger partial charge in [-0.25, -0.2) is 0 Å². The van der Waals surface area contributed by atoms with Crippen molar-refractivity contribution in [3.63, 3.8) is 0 Å². The largest absolute Gasteiger partial charge is 0.364 e. The first-order chi connectivity index (χ1) is 7.25. The summed E-state index contributed by atoms with van der Waals surface area (Å²) >= 11 is 0. The number of aromatic amines is 1. The van der Waals surface area contributed by atoms with Crippen LogP contribution in [0.15, 0.2) is 18.3 Å². The molecule has 82 valence electrons. The molecule has 1 aliphatic rings. The standard InChI is InChI=1S/C12H18N2O/c1-14(9-10-3-2-8-13-10)11-4-6-12(15)7-5-11/h2-3,8,11,13H,4-7,9H2,1H3. The minimum Gasteiger partial charge on any atom is -0.364 e. The van der Waals surface area contributed by atoms with Crippen molar-refractivity contribution in [2.24, 2.45) is 0 Å². The van der Waals surface area contributed by atoms with Crippen molar-refractivity contribution >= 4 is 5.78 Å². The second kappa shape index (κ2) is 4.62. The van der Waals surface area contributed by atoms with Gasteiger partial charge in [0.15, 0.2) is 0 Å². The highest BCUT2D eigenvalue weighted by Gasteiger charge is 2.21. The molecule has 3 heteroatoms. The summed E-state index contributed by atoms with van der Waals surface area (Å²) in [6.45, 7) is 0.950. The van der Waals surface area contributed by atoms with Crippen LogP contribution in [0.5, 0.6) is 0 Å². The summed E-state index contributed by atoms with van der Waals surface area (Å²) in [6.07, 6.45) is 5.53. The summed E-state index contributed by atoms with van der Waals surface area (Å²) in [5.41, 5.74) is 1.24. The van der Waals surface area contributed by atoms with Gasteiger partial charge in [0.2, 0.25) is 0 Å². The van der Waals surface area contributed by atoms with Crippen LogP contribution in [0.4, 0.5) is 0 Å². The number of H-pyrrole nitrogens is 1. The molecule has 0 unspecified atom stereocenters. The molecule has 1 fully saturated rings. The Bertz CT molecular complexity index is 308. The fraction of sp³-hybridized carbons (Fsp3) is 0.583. The Kier molecular flexibility index (Phi) is 3.21. The van der Waals surface area contributed by atoms with Crippen LogP contribution in [0.1, 0.15) is 31.4 Å². The molecule has 1 aromatic heterocycles. The molecule has 1 N–H and O–H groups in total. The number of carbonyl (C=O) groups excluding carboxylic acids is 1. The monoisotopic (exact) mass is 206 g/mol. The van der Waals surface area contributed by atoms with Gasteiger partial charge in [0.05, 0.1) is 0 Å². The number of Topliss-reactive ketones (excluding diaryl/α,β-unsaturated/α-hetero) is 1. The zero-order valence-electron chi connectivity index (χ0n) is 9.20. The van der Waals surface area contributed by atoms with E-state index >= 15 is 0 Å². The van der Waals surface area contributed by atoms with Crippen molar-refractivity contribution in [3.05, 3.63) is 24.0 Å². The third-order valence-corrected chi connectivity index (χ3v) is 3.22. The molecule has 0 bridgehead atoms. The van der Waals surface area contributed by atoms with Gasteiger partial charge in [0, 0.05) is 37.3 Å². The Morgan fingerprint density at radius 1 is 1.47 bits per heavy atom. The SMILES string of the molecule is CN(Cc1ccc[nH]1)C1CCC(=O)CC1. The summed E-state index contributed by atoms with van der Waals surface area (Å²) in [7, 11) is 2.14. The maximum Gasteiger partial charge on any atom is 0.133 e. The van der Waals surface area contributed by atoms with Crippen LogP contribution in [0, 0.1) is 0 Å². The van der Waals surface area contributed by atoms with Gasteiger partial charge in [0.25, 0.3) is 0 Å². The number of nitrogens with one attached hydrogen (secondary N) is 1. The van der Waals surface area contributed by atoms with Crippen LogP contribution in [0.3, 0.4) is 0 Å². The average Bonchev–Trinajstić information content (AvgIpc) is 2.71. The molecule has 0 spiro atoms. The van der Waals surface area contributed by atoms with Crippen molar-refractivity contribution in [1.29, 1.82) is 0 Å². The molecule has 0 atom stereocenters. The molecule has 2 rings (SSSR count). The number of rotatable bonds is 3. The second-order valence-electron chi connectivity index (χ2n) is 4.38. The number of nitrogens with zero attached hydrogens (tertiary/aromatic N) is 1. The van der Waals surface area contributed by atoms with E-state index in [0.717, 1.165) is 32.2 Å². The van der Waals surface area contributed by atoms with E-state index in [1.54, 1.807) is 0 Å². The molecule has 1 aromatic rings. The topological polar surface area (TPSA) is 36.1 Å². The number of hydrogen-bond donors (Lipinski definition) is 1. The van der Waals surface area contributed by atoms with Gasteiger partial charge in [-0.2, -0.15) is 0 Å². The molecule has 1 heterocycles. The van der Waals surface area contributed by atoms with Crippen LogP contribution in [0.2, 0.25) is 0 Å². The average molecular weight is 206 g/mol. The molecule has 0 aliphatic heterocycles. The predicted molar refractivity (Wildman–Crippen MR) is 59.5 cm³/mol. The fourth-order valence-electron chi connectivity index (χ4n) is 2.23. The number of carbonyl (C=O) groups is 1. The highest BCUT2D eigenvalue weighted by molar-refractivity contribution is 5.79. The predicted octanol–water partition coefficient (Wildman–Crippen LogP) is 1.96. The van der Waals surface area contributed by atoms with Gasteiger partial charge in [-0.15, -0.1) is 0 Å². The lowest BCUT2D eigenvalue weighted by Gasteiger charge is -2.30. The Hall–Kier alpha value is -1.09. The van der Waals surface area contributed by atoms with Gasteiger partial charge in [0.1, 0.15) is 5.78 Å². The first-order valence-corrected chi connectivity index (χ1v) is 5.60. The third-order valence-electron chi connectivity index (χ3n) is 3.22. The minimum absolute atomic E-state index is 0.430. The lowest BCUT2D eigenvalue weighted by atomic mass is 9.93. The van der Waals surface area contributed by atoms with Crippen LogP contribution in [-0.2, 0) is 11.3 Å². The normalized spacial score (nSPS) is 18.7. The molecular weight excluding hydrogens is 188 g/mol. The number of aromatic nitrogens is 1. The Balaban J connectivity index is 1.85. The lowest BCUT2D eigenvalue weighted by Crippen LogP contribution is -2.34. The third kappa shape index (κ3) is 2.69. The lowest BCUT2D eigenvalue weighted by molar-refractivity contribution is -0.121. The van der Waals surface area contributed by atoms with Crippen LogP contribution in [0.25, 0.3) is 0 Å². The van der Waals surface area contributed by atoms with Crippen molar-refractivity contribution in [2.45, 2.75) is 38.3 Å². The van der Waals surface area contributed by atoms with Gasteiger partial charge in [-0.3, -0.25) is 9.69 Å². The van der Waals surface area contributed by atoms with E-state index in [9.17, 15) is 4.79 Å². The summed E-state index contributed by atoms with van der Waals surface area (Å²) in [5.74, 6) is 0.430. The zero-order valence-corrected chi connectivity index (χ0v) is 9.20. The van der Waals surface area contributed by atoms with Crippen molar-refractivity contribution in [3.8, 4) is 0 Å². The van der Waals surface area contributed by atoms with Crippen LogP contribution < -0.4 is 0 Å². The summed E-state index contributed by atoms with van der Waals surface area (Å²) < 4.78 is 0. The fourth-order valence-corrected chi connectivity index (χ4v) is 2.23. The smallest absolute Gasteiger partial charge is 0.133 e. The van der Waals surface area contributed by atoms with Gasteiger partial charge in [-0.05, 0) is 32.0 Å². The summed E-state index contributed by atoms with van der Waals surface area (Å²) in [5, 5.41) is 0. The first kappa shape index (κ1) is 10.4.